The van der Waals surface area contributed by atoms with Crippen LogP contribution in [0.3, 0.4) is 0 Å². The zero-order chi connectivity index (χ0) is 23.4. The Labute approximate surface area is 195 Å². The van der Waals surface area contributed by atoms with Crippen LogP contribution in [-0.4, -0.2) is 50.8 Å². The molecule has 1 unspecified atom stereocenters. The van der Waals surface area contributed by atoms with Crippen LogP contribution in [-0.2, 0) is 32.5 Å². The minimum Gasteiger partial charge on any atom is -0.341 e. The lowest BCUT2D eigenvalue weighted by Crippen LogP contribution is -2.50. The molecule has 0 spiro atoms. The summed E-state index contributed by atoms with van der Waals surface area (Å²) < 4.78 is 29.4. The second kappa shape index (κ2) is 10.1. The Kier molecular flexibility index (Phi) is 7.14. The first kappa shape index (κ1) is 23.4. The number of nitrogens with one attached hydrogen (secondary N) is 1. The maximum absolute atomic E-state index is 13.4. The van der Waals surface area contributed by atoms with Crippen LogP contribution in [0, 0.1) is 0 Å². The molecule has 8 heteroatoms. The van der Waals surface area contributed by atoms with Gasteiger partial charge >= 0.3 is 0 Å². The van der Waals surface area contributed by atoms with Crippen LogP contribution in [0.4, 0.5) is 5.69 Å². The lowest BCUT2D eigenvalue weighted by molar-refractivity contribution is -0.133. The molecule has 1 N–H and O–H groups in total. The molecule has 2 amide bonds. The number of nitrogens with zero attached hydrogens (tertiary/aromatic N) is 2. The molecule has 2 heterocycles. The summed E-state index contributed by atoms with van der Waals surface area (Å²) in [6.07, 6.45) is 4.95. The van der Waals surface area contributed by atoms with Crippen molar-refractivity contribution in [3.05, 3.63) is 59.7 Å². The first-order valence-corrected chi connectivity index (χ1v) is 13.1. The van der Waals surface area contributed by atoms with Gasteiger partial charge in [-0.05, 0) is 55.0 Å². The number of anilines is 1. The lowest BCUT2D eigenvalue weighted by Gasteiger charge is -2.27. The number of amides is 2. The van der Waals surface area contributed by atoms with Crippen molar-refractivity contribution in [1.82, 2.24) is 9.62 Å². The number of hydrogen-bond donors (Lipinski definition) is 1. The molecule has 1 fully saturated rings. The number of hydrogen-bond acceptors (Lipinski definition) is 4. The summed E-state index contributed by atoms with van der Waals surface area (Å²) in [4.78, 5) is 28.8. The molecule has 0 bridgehead atoms. The molecule has 7 nitrogen and oxygen atoms in total. The molecular formula is C25H31N3O4S. The van der Waals surface area contributed by atoms with Crippen LogP contribution in [0.5, 0.6) is 0 Å². The predicted molar refractivity (Wildman–Crippen MR) is 127 cm³/mol. The van der Waals surface area contributed by atoms with Gasteiger partial charge in [0.15, 0.2) is 0 Å². The first-order chi connectivity index (χ1) is 15.8. The number of benzene rings is 2. The number of carbonyl (C=O) groups is 2. The van der Waals surface area contributed by atoms with Crippen molar-refractivity contribution in [2.75, 3.05) is 24.5 Å². The molecule has 0 aromatic heterocycles. The van der Waals surface area contributed by atoms with E-state index in [1.54, 1.807) is 21.9 Å². The van der Waals surface area contributed by atoms with E-state index in [1.165, 1.54) is 13.0 Å². The molecule has 1 atom stereocenters. The molecular weight excluding hydrogens is 438 g/mol. The molecule has 0 radical (unpaired) electrons. The van der Waals surface area contributed by atoms with E-state index in [2.05, 4.69) is 4.72 Å². The van der Waals surface area contributed by atoms with Gasteiger partial charge in [0.05, 0.1) is 4.90 Å². The third-order valence-corrected chi connectivity index (χ3v) is 7.90. The summed E-state index contributed by atoms with van der Waals surface area (Å²) in [5, 5.41) is 0. The van der Waals surface area contributed by atoms with E-state index in [9.17, 15) is 18.0 Å². The fourth-order valence-corrected chi connectivity index (χ4v) is 5.91. The Morgan fingerprint density at radius 3 is 2.33 bits per heavy atom. The van der Waals surface area contributed by atoms with Crippen molar-refractivity contribution < 1.29 is 18.0 Å². The average molecular weight is 470 g/mol. The SMILES string of the molecule is CC(=O)N1CCc2cc(S(=O)(=O)NC(Cc3ccccc3)C(=O)N3CCCCCC3)ccc21. The highest BCUT2D eigenvalue weighted by Gasteiger charge is 2.31. The van der Waals surface area contributed by atoms with Crippen LogP contribution in [0.1, 0.15) is 43.7 Å². The van der Waals surface area contributed by atoms with Gasteiger partial charge in [-0.1, -0.05) is 43.2 Å². The van der Waals surface area contributed by atoms with Gasteiger partial charge in [-0.15, -0.1) is 0 Å². The Morgan fingerprint density at radius 2 is 1.67 bits per heavy atom. The average Bonchev–Trinajstić information content (AvgIpc) is 3.04. The fraction of sp³-hybridized carbons (Fsp3) is 0.440. The molecule has 1 saturated heterocycles. The molecule has 2 aromatic rings. The molecule has 2 aliphatic heterocycles. The maximum atomic E-state index is 13.4. The standard InChI is InChI=1S/C25H31N3O4S/c1-19(29)28-16-13-21-18-22(11-12-24(21)28)33(31,32)26-23(17-20-9-5-4-6-10-20)25(30)27-14-7-2-3-8-15-27/h4-6,9-12,18,23,26H,2-3,7-8,13-17H2,1H3. The quantitative estimate of drug-likeness (QED) is 0.705. The number of likely N-dealkylation sites (tertiary alicyclic amines) is 1. The fourth-order valence-electron chi connectivity index (χ4n) is 4.67. The van der Waals surface area contributed by atoms with Gasteiger partial charge in [0.2, 0.25) is 21.8 Å². The van der Waals surface area contributed by atoms with Crippen LogP contribution >= 0.6 is 0 Å². The van der Waals surface area contributed by atoms with Gasteiger partial charge in [0, 0.05) is 32.2 Å². The van der Waals surface area contributed by atoms with E-state index < -0.39 is 16.1 Å². The van der Waals surface area contributed by atoms with Gasteiger partial charge in [0.1, 0.15) is 6.04 Å². The van der Waals surface area contributed by atoms with Gasteiger partial charge < -0.3 is 9.80 Å². The number of rotatable bonds is 6. The molecule has 2 aromatic carbocycles. The van der Waals surface area contributed by atoms with Gasteiger partial charge in [-0.25, -0.2) is 8.42 Å². The summed E-state index contributed by atoms with van der Waals surface area (Å²) >= 11 is 0. The Morgan fingerprint density at radius 1 is 0.970 bits per heavy atom. The number of sulfonamides is 1. The van der Waals surface area contributed by atoms with Crippen molar-refractivity contribution in [3.63, 3.8) is 0 Å². The zero-order valence-electron chi connectivity index (χ0n) is 19.0. The van der Waals surface area contributed by atoms with E-state index in [4.69, 9.17) is 0 Å². The van der Waals surface area contributed by atoms with E-state index in [0.29, 0.717) is 32.5 Å². The largest absolute Gasteiger partial charge is 0.341 e. The van der Waals surface area contributed by atoms with Crippen molar-refractivity contribution >= 4 is 27.5 Å². The van der Waals surface area contributed by atoms with Crippen molar-refractivity contribution in [2.45, 2.75) is 56.4 Å². The van der Waals surface area contributed by atoms with E-state index in [0.717, 1.165) is 42.5 Å². The van der Waals surface area contributed by atoms with Crippen molar-refractivity contribution in [1.29, 1.82) is 0 Å². The van der Waals surface area contributed by atoms with Gasteiger partial charge in [0.25, 0.3) is 0 Å². The smallest absolute Gasteiger partial charge is 0.241 e. The molecule has 4 rings (SSSR count). The monoisotopic (exact) mass is 469 g/mol. The summed E-state index contributed by atoms with van der Waals surface area (Å²) in [7, 11) is -3.93. The summed E-state index contributed by atoms with van der Waals surface area (Å²) in [5.74, 6) is -0.235. The number of carbonyl (C=O) groups excluding carboxylic acids is 2. The summed E-state index contributed by atoms with van der Waals surface area (Å²) in [6.45, 7) is 3.37. The van der Waals surface area contributed by atoms with E-state index in [1.807, 2.05) is 30.3 Å². The third kappa shape index (κ3) is 5.45. The topological polar surface area (TPSA) is 86.8 Å². The predicted octanol–water partition coefficient (Wildman–Crippen LogP) is 2.89. The second-order valence-electron chi connectivity index (χ2n) is 8.81. The molecule has 0 saturated carbocycles. The lowest BCUT2D eigenvalue weighted by atomic mass is 10.1. The van der Waals surface area contributed by atoms with Crippen LogP contribution < -0.4 is 9.62 Å². The minimum absolute atomic E-state index is 0.0616. The molecule has 176 valence electrons. The zero-order valence-corrected chi connectivity index (χ0v) is 19.8. The van der Waals surface area contributed by atoms with Crippen molar-refractivity contribution in [3.8, 4) is 0 Å². The summed E-state index contributed by atoms with van der Waals surface area (Å²) in [6, 6.07) is 13.4. The van der Waals surface area contributed by atoms with E-state index in [-0.39, 0.29) is 16.7 Å². The third-order valence-electron chi connectivity index (χ3n) is 6.43. The Balaban J connectivity index is 1.59. The molecule has 2 aliphatic rings. The molecule has 33 heavy (non-hydrogen) atoms. The maximum Gasteiger partial charge on any atom is 0.241 e. The Hall–Kier alpha value is -2.71. The van der Waals surface area contributed by atoms with Crippen LogP contribution in [0.25, 0.3) is 0 Å². The highest BCUT2D eigenvalue weighted by molar-refractivity contribution is 7.89. The highest BCUT2D eigenvalue weighted by atomic mass is 32.2. The minimum atomic E-state index is -3.93. The van der Waals surface area contributed by atoms with Crippen molar-refractivity contribution in [2.24, 2.45) is 0 Å². The normalized spacial score (nSPS) is 17.4. The van der Waals surface area contributed by atoms with Gasteiger partial charge in [-0.2, -0.15) is 4.72 Å². The van der Waals surface area contributed by atoms with Crippen LogP contribution in [0.15, 0.2) is 53.4 Å². The first-order valence-electron chi connectivity index (χ1n) is 11.6. The summed E-state index contributed by atoms with van der Waals surface area (Å²) in [5.41, 5.74) is 2.48. The van der Waals surface area contributed by atoms with Gasteiger partial charge in [-0.3, -0.25) is 9.59 Å². The van der Waals surface area contributed by atoms with Crippen LogP contribution in [0.2, 0.25) is 0 Å². The Bertz CT molecular complexity index is 1110. The second-order valence-corrected chi connectivity index (χ2v) is 10.5. The highest BCUT2D eigenvalue weighted by Crippen LogP contribution is 2.30. The number of fused-ring (bicyclic) bond motifs is 1. The molecule has 0 aliphatic carbocycles. The van der Waals surface area contributed by atoms with E-state index >= 15 is 0 Å².